The molecule has 0 saturated carbocycles. The third-order valence-corrected chi connectivity index (χ3v) is 10.7. The van der Waals surface area contributed by atoms with Crippen LogP contribution in [-0.4, -0.2) is 269 Å². The molecule has 0 aliphatic rings. The number of hydrogen-bond acceptors (Lipinski definition) is 21. The number of unbranched alkanes of at least 4 members (excludes halogenated alkanes) is 3. The third-order valence-electron chi connectivity index (χ3n) is 10.7. The molecule has 76 heavy (non-hydrogen) atoms. The highest BCUT2D eigenvalue weighted by Crippen LogP contribution is 2.30. The molecule has 0 unspecified atom stereocenters. The van der Waals surface area contributed by atoms with Crippen molar-refractivity contribution in [2.24, 2.45) is 0 Å². The Balaban J connectivity index is 1.64. The second-order valence-electron chi connectivity index (χ2n) is 17.4. The Bertz CT molecular complexity index is 1240. The lowest BCUT2D eigenvalue weighted by molar-refractivity contribution is -0.0313. The minimum atomic E-state index is 0.0194. The van der Waals surface area contributed by atoms with Gasteiger partial charge in [-0.25, -0.2) is 0 Å². The highest BCUT2D eigenvalue weighted by Gasteiger charge is 2.20. The van der Waals surface area contributed by atoms with E-state index in [0.717, 1.165) is 5.75 Å². The molecule has 0 aliphatic carbocycles. The summed E-state index contributed by atoms with van der Waals surface area (Å²) in [6.45, 7) is 26.1. The first kappa shape index (κ1) is 72.2. The molecule has 0 fully saturated rings. The zero-order valence-corrected chi connectivity index (χ0v) is 47.2. The number of rotatable bonds is 66. The van der Waals surface area contributed by atoms with E-state index in [0.29, 0.717) is 258 Å². The average Bonchev–Trinajstić information content (AvgIpc) is 3.43. The molecule has 1 aromatic rings. The molecule has 0 atom stereocenters. The van der Waals surface area contributed by atoms with Gasteiger partial charge in [0.05, 0.1) is 258 Å². The molecule has 1 rings (SSSR count). The highest BCUT2D eigenvalue weighted by molar-refractivity contribution is 5.31. The molecule has 1 N–H and O–H groups in total. The first-order valence-electron chi connectivity index (χ1n) is 27.9. The Morgan fingerprint density at radius 1 is 0.276 bits per heavy atom. The van der Waals surface area contributed by atoms with Crippen molar-refractivity contribution in [1.82, 2.24) is 0 Å². The van der Waals surface area contributed by atoms with Crippen molar-refractivity contribution in [1.29, 1.82) is 0 Å². The second kappa shape index (κ2) is 60.9. The number of aliphatic hydroxyl groups excluding tert-OH is 1. The minimum absolute atomic E-state index is 0.0194. The van der Waals surface area contributed by atoms with Crippen molar-refractivity contribution in [3.63, 3.8) is 0 Å². The van der Waals surface area contributed by atoms with Crippen LogP contribution in [0.25, 0.3) is 0 Å². The third kappa shape index (κ3) is 54.2. The van der Waals surface area contributed by atoms with Crippen LogP contribution in [0.4, 0.5) is 0 Å². The molecule has 0 heterocycles. The van der Waals surface area contributed by atoms with E-state index < -0.39 is 0 Å². The van der Waals surface area contributed by atoms with Crippen LogP contribution >= 0.6 is 0 Å². The maximum absolute atomic E-state index is 8.61. The fourth-order valence-corrected chi connectivity index (χ4v) is 6.48. The van der Waals surface area contributed by atoms with E-state index >= 15 is 0 Å². The zero-order chi connectivity index (χ0) is 54.4. The van der Waals surface area contributed by atoms with Gasteiger partial charge >= 0.3 is 0 Å². The fraction of sp³-hybridized carbons (Fsp3) is 0.891. The van der Waals surface area contributed by atoms with Crippen molar-refractivity contribution in [2.75, 3.05) is 264 Å². The van der Waals surface area contributed by atoms with Crippen LogP contribution in [0, 0.1) is 0 Å². The SMILES string of the molecule is CCCCCCC(C)(C)c1ccc(OCCOCCOCCOCCOCCOCCOCCOCCOCCOCCOCCOCCOCCOCCOCCOCCOCCOCCOCCOCCO)cc1. The molecule has 21 nitrogen and oxygen atoms in total. The Hall–Kier alpha value is -1.78. The Morgan fingerprint density at radius 3 is 0.697 bits per heavy atom. The topological polar surface area (TPSA) is 205 Å². The van der Waals surface area contributed by atoms with Gasteiger partial charge in [-0.05, 0) is 29.5 Å². The van der Waals surface area contributed by atoms with Crippen LogP contribution in [0.15, 0.2) is 24.3 Å². The van der Waals surface area contributed by atoms with E-state index in [9.17, 15) is 0 Å². The smallest absolute Gasteiger partial charge is 0.119 e. The van der Waals surface area contributed by atoms with E-state index in [1.807, 2.05) is 0 Å². The van der Waals surface area contributed by atoms with Crippen molar-refractivity contribution in [2.45, 2.75) is 58.3 Å². The van der Waals surface area contributed by atoms with Gasteiger partial charge in [-0.2, -0.15) is 0 Å². The largest absolute Gasteiger partial charge is 0.491 e. The summed E-state index contributed by atoms with van der Waals surface area (Å²) in [5, 5.41) is 8.61. The molecule has 0 aliphatic heterocycles. The number of hydrogen-bond donors (Lipinski definition) is 1. The van der Waals surface area contributed by atoms with Crippen molar-refractivity contribution >= 4 is 0 Å². The van der Waals surface area contributed by atoms with Gasteiger partial charge in [-0.15, -0.1) is 0 Å². The Labute approximate surface area is 456 Å². The van der Waals surface area contributed by atoms with Crippen molar-refractivity contribution < 1.29 is 99.8 Å². The summed E-state index contributed by atoms with van der Waals surface area (Å²) in [6.07, 6.45) is 6.37. The Kier molecular flexibility index (Phi) is 57.8. The summed E-state index contributed by atoms with van der Waals surface area (Å²) in [6, 6.07) is 8.49. The van der Waals surface area contributed by atoms with Gasteiger partial charge in [-0.1, -0.05) is 58.6 Å². The first-order valence-corrected chi connectivity index (χ1v) is 27.9. The van der Waals surface area contributed by atoms with Crippen LogP contribution in [0.1, 0.15) is 58.4 Å². The maximum Gasteiger partial charge on any atom is 0.119 e. The number of ether oxygens (including phenoxy) is 20. The van der Waals surface area contributed by atoms with Crippen molar-refractivity contribution in [3.8, 4) is 5.75 Å². The van der Waals surface area contributed by atoms with E-state index in [1.165, 1.54) is 37.7 Å². The quantitative estimate of drug-likeness (QED) is 0.0884. The summed E-state index contributed by atoms with van der Waals surface area (Å²) in [5.74, 6) is 0.869. The van der Waals surface area contributed by atoms with Gasteiger partial charge in [0.2, 0.25) is 0 Å². The molecule has 21 heteroatoms. The summed E-state index contributed by atoms with van der Waals surface area (Å²) in [5.41, 5.74) is 1.54. The lowest BCUT2D eigenvalue weighted by atomic mass is 9.80. The maximum atomic E-state index is 8.61. The van der Waals surface area contributed by atoms with Gasteiger partial charge in [0.15, 0.2) is 0 Å². The van der Waals surface area contributed by atoms with Gasteiger partial charge in [0.25, 0.3) is 0 Å². The molecule has 0 bridgehead atoms. The lowest BCUT2D eigenvalue weighted by Gasteiger charge is -2.25. The lowest BCUT2D eigenvalue weighted by Crippen LogP contribution is -2.17. The monoisotopic (exact) mass is 1100 g/mol. The first-order chi connectivity index (χ1) is 37.6. The summed E-state index contributed by atoms with van der Waals surface area (Å²) in [4.78, 5) is 0. The van der Waals surface area contributed by atoms with Gasteiger partial charge in [0, 0.05) is 0 Å². The standard InChI is InChI=1S/C55H104O21/c1-4-5-6-7-12-55(2,3)53-8-10-54(11-9-53)76-52-51-75-50-49-74-48-47-73-46-45-72-44-43-71-42-41-70-40-39-69-38-37-68-36-35-67-34-33-66-32-31-65-30-29-64-28-27-63-26-25-62-24-23-61-22-21-60-20-19-59-18-17-58-16-15-57-14-13-56/h8-11,56H,4-7,12-52H2,1-3H3. The van der Waals surface area contributed by atoms with Crippen LogP contribution in [0.5, 0.6) is 5.75 Å². The predicted molar refractivity (Wildman–Crippen MR) is 286 cm³/mol. The molecule has 0 radical (unpaired) electrons. The van der Waals surface area contributed by atoms with Crippen LogP contribution < -0.4 is 4.74 Å². The van der Waals surface area contributed by atoms with Gasteiger partial charge in [0.1, 0.15) is 12.4 Å². The normalized spacial score (nSPS) is 11.9. The molecular formula is C55H104O21. The van der Waals surface area contributed by atoms with E-state index in [4.69, 9.17) is 99.8 Å². The highest BCUT2D eigenvalue weighted by atomic mass is 16.6. The molecule has 1 aromatic carbocycles. The van der Waals surface area contributed by atoms with Gasteiger partial charge in [-0.3, -0.25) is 0 Å². The molecule has 450 valence electrons. The minimum Gasteiger partial charge on any atom is -0.491 e. The Morgan fingerprint density at radius 2 is 0.487 bits per heavy atom. The second-order valence-corrected chi connectivity index (χ2v) is 17.4. The zero-order valence-electron chi connectivity index (χ0n) is 47.2. The summed E-state index contributed by atoms with van der Waals surface area (Å²) >= 11 is 0. The van der Waals surface area contributed by atoms with Crippen LogP contribution in [0.2, 0.25) is 0 Å². The number of aliphatic hydroxyl groups is 1. The van der Waals surface area contributed by atoms with Gasteiger partial charge < -0.3 is 99.8 Å². The van der Waals surface area contributed by atoms with E-state index in [1.54, 1.807) is 0 Å². The molecular weight excluding hydrogens is 997 g/mol. The summed E-state index contributed by atoms with van der Waals surface area (Å²) < 4.78 is 110. The average molecular weight is 1100 g/mol. The van der Waals surface area contributed by atoms with Crippen LogP contribution in [-0.2, 0) is 95.4 Å². The molecule has 0 amide bonds. The summed E-state index contributed by atoms with van der Waals surface area (Å²) in [7, 11) is 0. The van der Waals surface area contributed by atoms with Crippen molar-refractivity contribution in [3.05, 3.63) is 29.8 Å². The van der Waals surface area contributed by atoms with Crippen LogP contribution in [0.3, 0.4) is 0 Å². The molecule has 0 saturated heterocycles. The fourth-order valence-electron chi connectivity index (χ4n) is 6.48. The predicted octanol–water partition coefficient (Wildman–Crippen LogP) is 4.62. The van der Waals surface area contributed by atoms with E-state index in [2.05, 4.69) is 45.0 Å². The molecule has 0 aromatic heterocycles. The van der Waals surface area contributed by atoms with E-state index in [-0.39, 0.29) is 12.0 Å². The molecule has 0 spiro atoms. The number of benzene rings is 1.